The molecule has 0 aromatic carbocycles. The van der Waals surface area contributed by atoms with E-state index in [1.807, 2.05) is 24.4 Å². The lowest BCUT2D eigenvalue weighted by Crippen LogP contribution is -2.18. The maximum Gasteiger partial charge on any atom is 0.0547 e. The molecule has 0 spiro atoms. The second-order valence-electron chi connectivity index (χ2n) is 4.47. The fourth-order valence-electron chi connectivity index (χ4n) is 1.91. The molecule has 2 aromatic heterocycles. The van der Waals surface area contributed by atoms with E-state index in [9.17, 15) is 0 Å². The molecule has 0 unspecified atom stereocenters. The third-order valence-corrected chi connectivity index (χ3v) is 2.82. The zero-order valence-electron chi connectivity index (χ0n) is 11.0. The van der Waals surface area contributed by atoms with E-state index in [4.69, 9.17) is 0 Å². The quantitative estimate of drug-likeness (QED) is 0.806. The average molecular weight is 241 g/mol. The molecule has 0 N–H and O–H groups in total. The van der Waals surface area contributed by atoms with Crippen LogP contribution < -0.4 is 0 Å². The van der Waals surface area contributed by atoms with E-state index in [1.165, 1.54) is 0 Å². The first kappa shape index (κ1) is 12.7. The number of hydrogen-bond donors (Lipinski definition) is 0. The molecule has 2 rings (SSSR count). The van der Waals surface area contributed by atoms with Crippen molar-refractivity contribution in [1.82, 2.24) is 14.9 Å². The smallest absolute Gasteiger partial charge is 0.0547 e. The molecule has 2 aromatic rings. The van der Waals surface area contributed by atoms with Gasteiger partial charge in [-0.15, -0.1) is 0 Å². The van der Waals surface area contributed by atoms with Crippen molar-refractivity contribution in [1.29, 1.82) is 0 Å². The molecule has 94 valence electrons. The van der Waals surface area contributed by atoms with Crippen molar-refractivity contribution in [2.24, 2.45) is 0 Å². The van der Waals surface area contributed by atoms with Gasteiger partial charge in [-0.25, -0.2) is 0 Å². The van der Waals surface area contributed by atoms with Gasteiger partial charge in [0.2, 0.25) is 0 Å². The Hall–Kier alpha value is -1.74. The van der Waals surface area contributed by atoms with E-state index in [-0.39, 0.29) is 0 Å². The lowest BCUT2D eigenvalue weighted by Gasteiger charge is -2.15. The van der Waals surface area contributed by atoms with Gasteiger partial charge in [0, 0.05) is 25.0 Å². The lowest BCUT2D eigenvalue weighted by atomic mass is 10.2. The van der Waals surface area contributed by atoms with Crippen LogP contribution in [0.15, 0.2) is 42.6 Å². The predicted octanol–water partition coefficient (Wildman–Crippen LogP) is 2.67. The Morgan fingerprint density at radius 1 is 0.944 bits per heavy atom. The maximum absolute atomic E-state index is 4.61. The summed E-state index contributed by atoms with van der Waals surface area (Å²) in [6.45, 7) is 3.83. The van der Waals surface area contributed by atoms with Crippen LogP contribution in [0.4, 0.5) is 0 Å². The van der Waals surface area contributed by atoms with Crippen molar-refractivity contribution in [2.45, 2.75) is 26.4 Å². The molecule has 18 heavy (non-hydrogen) atoms. The van der Waals surface area contributed by atoms with Crippen molar-refractivity contribution in [2.75, 3.05) is 7.05 Å². The Morgan fingerprint density at radius 3 is 2.39 bits per heavy atom. The first-order valence-corrected chi connectivity index (χ1v) is 6.31. The van der Waals surface area contributed by atoms with Crippen LogP contribution in [0.25, 0.3) is 0 Å². The molecule has 0 amide bonds. The van der Waals surface area contributed by atoms with E-state index >= 15 is 0 Å². The summed E-state index contributed by atoms with van der Waals surface area (Å²) in [5.74, 6) is 0. The minimum Gasteiger partial charge on any atom is -0.295 e. The normalized spacial score (nSPS) is 10.8. The number of rotatable bonds is 5. The third-order valence-electron chi connectivity index (χ3n) is 2.82. The van der Waals surface area contributed by atoms with Crippen molar-refractivity contribution in [3.05, 3.63) is 59.7 Å². The predicted molar refractivity (Wildman–Crippen MR) is 73.0 cm³/mol. The molecule has 0 fully saturated rings. The van der Waals surface area contributed by atoms with Crippen LogP contribution in [0, 0.1) is 0 Å². The lowest BCUT2D eigenvalue weighted by molar-refractivity contribution is 0.311. The van der Waals surface area contributed by atoms with Gasteiger partial charge in [0.15, 0.2) is 0 Å². The maximum atomic E-state index is 4.61. The van der Waals surface area contributed by atoms with Gasteiger partial charge in [-0.3, -0.25) is 14.9 Å². The summed E-state index contributed by atoms with van der Waals surface area (Å²) < 4.78 is 0. The Bertz CT molecular complexity index is 482. The molecule has 3 nitrogen and oxygen atoms in total. The van der Waals surface area contributed by atoms with E-state index in [0.717, 1.165) is 36.6 Å². The van der Waals surface area contributed by atoms with Gasteiger partial charge >= 0.3 is 0 Å². The number of aromatic nitrogens is 2. The largest absolute Gasteiger partial charge is 0.295 e. The zero-order valence-corrected chi connectivity index (χ0v) is 11.0. The zero-order chi connectivity index (χ0) is 12.8. The van der Waals surface area contributed by atoms with Gasteiger partial charge in [0.25, 0.3) is 0 Å². The first-order chi connectivity index (χ1) is 8.78. The molecule has 0 aliphatic heterocycles. The highest BCUT2D eigenvalue weighted by molar-refractivity contribution is 5.11. The molecule has 2 heterocycles. The van der Waals surface area contributed by atoms with Crippen LogP contribution in [-0.4, -0.2) is 21.9 Å². The van der Waals surface area contributed by atoms with Crippen LogP contribution in [0.1, 0.15) is 24.0 Å². The van der Waals surface area contributed by atoms with Gasteiger partial charge < -0.3 is 0 Å². The third kappa shape index (κ3) is 3.64. The van der Waals surface area contributed by atoms with Crippen LogP contribution in [0.2, 0.25) is 0 Å². The highest BCUT2D eigenvalue weighted by atomic mass is 15.1. The van der Waals surface area contributed by atoms with Gasteiger partial charge in [-0.05, 0) is 37.7 Å². The standard InChI is InChI=1S/C15H19N3/c1-3-13-8-6-9-15(17-13)12-18(2)11-14-7-4-5-10-16-14/h4-10H,3,11-12H2,1-2H3. The molecule has 0 bridgehead atoms. The summed E-state index contributed by atoms with van der Waals surface area (Å²) in [6.07, 6.45) is 2.82. The fourth-order valence-corrected chi connectivity index (χ4v) is 1.91. The van der Waals surface area contributed by atoms with Crippen molar-refractivity contribution in [3.8, 4) is 0 Å². The van der Waals surface area contributed by atoms with Crippen molar-refractivity contribution in [3.63, 3.8) is 0 Å². The summed E-state index contributed by atoms with van der Waals surface area (Å²) in [4.78, 5) is 11.2. The second-order valence-corrected chi connectivity index (χ2v) is 4.47. The van der Waals surface area contributed by atoms with Gasteiger partial charge in [-0.1, -0.05) is 19.1 Å². The van der Waals surface area contributed by atoms with Crippen LogP contribution in [-0.2, 0) is 19.5 Å². The molecule has 0 saturated heterocycles. The number of hydrogen-bond acceptors (Lipinski definition) is 3. The van der Waals surface area contributed by atoms with E-state index in [2.05, 4.69) is 47.0 Å². The number of pyridine rings is 2. The van der Waals surface area contributed by atoms with E-state index in [0.29, 0.717) is 0 Å². The summed E-state index contributed by atoms with van der Waals surface area (Å²) in [7, 11) is 2.09. The summed E-state index contributed by atoms with van der Waals surface area (Å²) in [6, 6.07) is 12.2. The highest BCUT2D eigenvalue weighted by Crippen LogP contribution is 2.06. The molecular weight excluding hydrogens is 222 g/mol. The Kier molecular flexibility index (Phi) is 4.42. The number of nitrogens with zero attached hydrogens (tertiary/aromatic N) is 3. The highest BCUT2D eigenvalue weighted by Gasteiger charge is 2.03. The molecule has 0 aliphatic carbocycles. The summed E-state index contributed by atoms with van der Waals surface area (Å²) in [5, 5.41) is 0. The van der Waals surface area contributed by atoms with E-state index < -0.39 is 0 Å². The van der Waals surface area contributed by atoms with E-state index in [1.54, 1.807) is 0 Å². The average Bonchev–Trinajstić information content (AvgIpc) is 2.40. The monoisotopic (exact) mass is 241 g/mol. The summed E-state index contributed by atoms with van der Waals surface area (Å²) >= 11 is 0. The molecule has 0 aliphatic rings. The van der Waals surface area contributed by atoms with Gasteiger partial charge in [-0.2, -0.15) is 0 Å². The van der Waals surface area contributed by atoms with Crippen molar-refractivity contribution >= 4 is 0 Å². The Balaban J connectivity index is 1.96. The van der Waals surface area contributed by atoms with Crippen molar-refractivity contribution < 1.29 is 0 Å². The first-order valence-electron chi connectivity index (χ1n) is 6.31. The minimum atomic E-state index is 0.846. The second kappa shape index (κ2) is 6.26. The van der Waals surface area contributed by atoms with Crippen LogP contribution in [0.5, 0.6) is 0 Å². The van der Waals surface area contributed by atoms with Gasteiger partial charge in [0.05, 0.1) is 11.4 Å². The number of aryl methyl sites for hydroxylation is 1. The molecule has 3 heteroatoms. The topological polar surface area (TPSA) is 29.0 Å². The summed E-state index contributed by atoms with van der Waals surface area (Å²) in [5.41, 5.74) is 3.36. The molecule has 0 saturated carbocycles. The van der Waals surface area contributed by atoms with Crippen LogP contribution >= 0.6 is 0 Å². The van der Waals surface area contributed by atoms with Crippen LogP contribution in [0.3, 0.4) is 0 Å². The fraction of sp³-hybridized carbons (Fsp3) is 0.333. The SMILES string of the molecule is CCc1cccc(CN(C)Cc2ccccn2)n1. The molecule has 0 radical (unpaired) electrons. The molecular formula is C15H19N3. The Morgan fingerprint density at radius 2 is 1.67 bits per heavy atom. The Labute approximate surface area is 109 Å². The molecule has 0 atom stereocenters. The minimum absolute atomic E-state index is 0.846. The van der Waals surface area contributed by atoms with Gasteiger partial charge in [0.1, 0.15) is 0 Å².